The fraction of sp³-hybridized carbons (Fsp3) is 0.529. The molecule has 1 N–H and O–H groups in total. The molecule has 0 atom stereocenters. The standard InChI is InChI=1S/C17H25NO4/c1-16(2,3)12-8-11(14(19)21-7)9-13(10-12)18-15(20)22-17(4,5)6/h8-10H,1-7H3,(H,18,20). The number of hydrogen-bond donors (Lipinski definition) is 1. The normalized spacial score (nSPS) is 11.8. The minimum atomic E-state index is -0.586. The predicted octanol–water partition coefficient (Wildman–Crippen LogP) is 4.12. The number of benzene rings is 1. The molecule has 0 radical (unpaired) electrons. The molecular formula is C17H25NO4. The number of hydrogen-bond acceptors (Lipinski definition) is 4. The van der Waals surface area contributed by atoms with Crippen LogP contribution in [0.5, 0.6) is 0 Å². The van der Waals surface area contributed by atoms with Gasteiger partial charge in [0, 0.05) is 5.69 Å². The molecule has 0 fully saturated rings. The van der Waals surface area contributed by atoms with E-state index in [0.29, 0.717) is 11.3 Å². The van der Waals surface area contributed by atoms with Crippen LogP contribution >= 0.6 is 0 Å². The molecule has 0 spiro atoms. The SMILES string of the molecule is COC(=O)c1cc(NC(=O)OC(C)(C)C)cc(C(C)(C)C)c1. The Morgan fingerprint density at radius 3 is 2.05 bits per heavy atom. The minimum Gasteiger partial charge on any atom is -0.465 e. The van der Waals surface area contributed by atoms with Crippen molar-refractivity contribution in [3.05, 3.63) is 29.3 Å². The van der Waals surface area contributed by atoms with Crippen molar-refractivity contribution in [1.82, 2.24) is 0 Å². The highest BCUT2D eigenvalue weighted by Gasteiger charge is 2.20. The molecule has 0 saturated carbocycles. The van der Waals surface area contributed by atoms with Crippen molar-refractivity contribution < 1.29 is 19.1 Å². The van der Waals surface area contributed by atoms with Crippen molar-refractivity contribution in [1.29, 1.82) is 0 Å². The first-order valence-electron chi connectivity index (χ1n) is 7.16. The molecule has 1 aromatic carbocycles. The van der Waals surface area contributed by atoms with E-state index in [1.165, 1.54) is 7.11 Å². The molecule has 1 aromatic rings. The lowest BCUT2D eigenvalue weighted by Crippen LogP contribution is -2.27. The van der Waals surface area contributed by atoms with Crippen LogP contribution in [-0.4, -0.2) is 24.8 Å². The number of carbonyl (C=O) groups excluding carboxylic acids is 2. The lowest BCUT2D eigenvalue weighted by molar-refractivity contribution is 0.0596. The van der Waals surface area contributed by atoms with Crippen molar-refractivity contribution >= 4 is 17.7 Å². The zero-order chi connectivity index (χ0) is 17.1. The number of nitrogens with one attached hydrogen (secondary N) is 1. The molecule has 0 heterocycles. The second-order valence-corrected chi connectivity index (χ2v) is 7.17. The summed E-state index contributed by atoms with van der Waals surface area (Å²) >= 11 is 0. The molecule has 0 unspecified atom stereocenters. The second-order valence-electron chi connectivity index (χ2n) is 7.17. The predicted molar refractivity (Wildman–Crippen MR) is 86.3 cm³/mol. The van der Waals surface area contributed by atoms with E-state index in [1.54, 1.807) is 32.9 Å². The van der Waals surface area contributed by atoms with Crippen LogP contribution in [-0.2, 0) is 14.9 Å². The van der Waals surface area contributed by atoms with Crippen LogP contribution in [0.4, 0.5) is 10.5 Å². The summed E-state index contributed by atoms with van der Waals surface area (Å²) in [5, 5.41) is 2.66. The van der Waals surface area contributed by atoms with Crippen LogP contribution in [0.1, 0.15) is 57.5 Å². The number of rotatable bonds is 2. The smallest absolute Gasteiger partial charge is 0.412 e. The van der Waals surface area contributed by atoms with Gasteiger partial charge in [-0.05, 0) is 49.9 Å². The molecule has 0 saturated heterocycles. The van der Waals surface area contributed by atoms with Gasteiger partial charge in [0.15, 0.2) is 0 Å². The molecular weight excluding hydrogens is 282 g/mol. The minimum absolute atomic E-state index is 0.172. The molecule has 0 aliphatic heterocycles. The highest BCUT2D eigenvalue weighted by atomic mass is 16.6. The summed E-state index contributed by atoms with van der Waals surface area (Å²) in [6.45, 7) is 11.5. The van der Waals surface area contributed by atoms with Crippen LogP contribution in [0, 0.1) is 0 Å². The fourth-order valence-corrected chi connectivity index (χ4v) is 1.79. The van der Waals surface area contributed by atoms with Crippen molar-refractivity contribution in [3.63, 3.8) is 0 Å². The van der Waals surface area contributed by atoms with Crippen molar-refractivity contribution in [2.45, 2.75) is 52.6 Å². The van der Waals surface area contributed by atoms with Gasteiger partial charge in [0.2, 0.25) is 0 Å². The molecule has 22 heavy (non-hydrogen) atoms. The van der Waals surface area contributed by atoms with E-state index in [9.17, 15) is 9.59 Å². The topological polar surface area (TPSA) is 64.6 Å². The highest BCUT2D eigenvalue weighted by Crippen LogP contribution is 2.27. The Morgan fingerprint density at radius 2 is 1.59 bits per heavy atom. The first-order valence-corrected chi connectivity index (χ1v) is 7.16. The number of carbonyl (C=O) groups is 2. The van der Waals surface area contributed by atoms with Gasteiger partial charge in [-0.1, -0.05) is 20.8 Å². The Morgan fingerprint density at radius 1 is 1.00 bits per heavy atom. The third-order valence-electron chi connectivity index (χ3n) is 2.87. The van der Waals surface area contributed by atoms with E-state index in [-0.39, 0.29) is 5.41 Å². The van der Waals surface area contributed by atoms with Gasteiger partial charge in [-0.15, -0.1) is 0 Å². The van der Waals surface area contributed by atoms with Gasteiger partial charge in [-0.25, -0.2) is 9.59 Å². The zero-order valence-corrected chi connectivity index (χ0v) is 14.4. The van der Waals surface area contributed by atoms with Crippen molar-refractivity contribution in [2.24, 2.45) is 0 Å². The lowest BCUT2D eigenvalue weighted by atomic mass is 9.86. The number of amides is 1. The van der Waals surface area contributed by atoms with Gasteiger partial charge in [0.25, 0.3) is 0 Å². The summed E-state index contributed by atoms with van der Waals surface area (Å²) in [6, 6.07) is 5.17. The number of anilines is 1. The Balaban J connectivity index is 3.13. The quantitative estimate of drug-likeness (QED) is 0.835. The third kappa shape index (κ3) is 5.39. The summed E-state index contributed by atoms with van der Waals surface area (Å²) in [7, 11) is 1.33. The monoisotopic (exact) mass is 307 g/mol. The van der Waals surface area contributed by atoms with Crippen LogP contribution < -0.4 is 5.32 Å². The lowest BCUT2D eigenvalue weighted by Gasteiger charge is -2.22. The fourth-order valence-electron chi connectivity index (χ4n) is 1.79. The van der Waals surface area contributed by atoms with Crippen molar-refractivity contribution in [2.75, 3.05) is 12.4 Å². The molecule has 0 aromatic heterocycles. The van der Waals surface area contributed by atoms with E-state index < -0.39 is 17.7 Å². The van der Waals surface area contributed by atoms with Crippen molar-refractivity contribution in [3.8, 4) is 0 Å². The van der Waals surface area contributed by atoms with E-state index >= 15 is 0 Å². The number of esters is 1. The molecule has 1 rings (SSSR count). The van der Waals surface area contributed by atoms with Crippen LogP contribution in [0.15, 0.2) is 18.2 Å². The second kappa shape index (κ2) is 6.38. The van der Waals surface area contributed by atoms with Gasteiger partial charge in [0.1, 0.15) is 5.60 Å². The van der Waals surface area contributed by atoms with Crippen LogP contribution in [0.2, 0.25) is 0 Å². The largest absolute Gasteiger partial charge is 0.465 e. The van der Waals surface area contributed by atoms with Gasteiger partial charge in [0.05, 0.1) is 12.7 Å². The zero-order valence-electron chi connectivity index (χ0n) is 14.4. The van der Waals surface area contributed by atoms with E-state index in [1.807, 2.05) is 26.8 Å². The van der Waals surface area contributed by atoms with E-state index in [0.717, 1.165) is 5.56 Å². The van der Waals surface area contributed by atoms with Gasteiger partial charge < -0.3 is 9.47 Å². The maximum Gasteiger partial charge on any atom is 0.412 e. The summed E-state index contributed by atoms with van der Waals surface area (Å²) in [4.78, 5) is 23.7. The van der Waals surface area contributed by atoms with Crippen LogP contribution in [0.25, 0.3) is 0 Å². The number of methoxy groups -OCH3 is 1. The Hall–Kier alpha value is -2.04. The Labute approximate surface area is 132 Å². The summed E-state index contributed by atoms with van der Waals surface area (Å²) in [5.41, 5.74) is 1.05. The molecule has 0 aliphatic rings. The van der Waals surface area contributed by atoms with Gasteiger partial charge in [-0.2, -0.15) is 0 Å². The molecule has 0 bridgehead atoms. The maximum atomic E-state index is 11.9. The Kier molecular flexibility index (Phi) is 5.22. The Bertz CT molecular complexity index is 565. The summed E-state index contributed by atoms with van der Waals surface area (Å²) in [5.74, 6) is -0.446. The maximum absolute atomic E-state index is 11.9. The van der Waals surface area contributed by atoms with Gasteiger partial charge in [-0.3, -0.25) is 5.32 Å². The average molecular weight is 307 g/mol. The molecule has 0 aliphatic carbocycles. The van der Waals surface area contributed by atoms with Gasteiger partial charge >= 0.3 is 12.1 Å². The van der Waals surface area contributed by atoms with E-state index in [2.05, 4.69) is 5.32 Å². The first kappa shape index (κ1) is 18.0. The third-order valence-corrected chi connectivity index (χ3v) is 2.87. The first-order chi connectivity index (χ1) is 9.92. The average Bonchev–Trinajstić information content (AvgIpc) is 2.33. The molecule has 5 nitrogen and oxygen atoms in total. The summed E-state index contributed by atoms with van der Waals surface area (Å²) in [6.07, 6.45) is -0.561. The molecule has 5 heteroatoms. The highest BCUT2D eigenvalue weighted by molar-refractivity contribution is 5.93. The molecule has 1 amide bonds. The number of ether oxygens (including phenoxy) is 2. The van der Waals surface area contributed by atoms with Crippen LogP contribution in [0.3, 0.4) is 0 Å². The molecule has 122 valence electrons. The summed E-state index contributed by atoms with van der Waals surface area (Å²) < 4.78 is 9.99. The van der Waals surface area contributed by atoms with E-state index in [4.69, 9.17) is 9.47 Å².